The normalized spacial score (nSPS) is 16.8. The van der Waals surface area contributed by atoms with E-state index in [0.29, 0.717) is 17.6 Å². The van der Waals surface area contributed by atoms with Crippen LogP contribution < -0.4 is 5.73 Å². The van der Waals surface area contributed by atoms with Crippen LogP contribution in [0.2, 0.25) is 0 Å². The summed E-state index contributed by atoms with van der Waals surface area (Å²) in [5, 5.41) is 3.98. The average Bonchev–Trinajstić information content (AvgIpc) is 3.07. The molecule has 2 heterocycles. The second kappa shape index (κ2) is 4.17. The first-order chi connectivity index (χ1) is 8.65. The van der Waals surface area contributed by atoms with Gasteiger partial charge in [-0.3, -0.25) is 4.98 Å². The minimum absolute atomic E-state index is 0.0961. The molecule has 5 nitrogen and oxygen atoms in total. The van der Waals surface area contributed by atoms with E-state index in [-0.39, 0.29) is 6.04 Å². The summed E-state index contributed by atoms with van der Waals surface area (Å²) in [6.45, 7) is 3.89. The van der Waals surface area contributed by atoms with Crippen molar-refractivity contribution >= 4 is 0 Å². The molecule has 18 heavy (non-hydrogen) atoms. The molecule has 0 saturated heterocycles. The summed E-state index contributed by atoms with van der Waals surface area (Å²) >= 11 is 0. The van der Waals surface area contributed by atoms with E-state index in [1.165, 1.54) is 0 Å². The van der Waals surface area contributed by atoms with Crippen LogP contribution in [0, 0.1) is 19.8 Å². The number of aromatic nitrogens is 3. The van der Waals surface area contributed by atoms with Crippen molar-refractivity contribution in [2.45, 2.75) is 32.7 Å². The highest BCUT2D eigenvalue weighted by Crippen LogP contribution is 2.38. The van der Waals surface area contributed by atoms with Gasteiger partial charge in [0.15, 0.2) is 5.82 Å². The fourth-order valence-corrected chi connectivity index (χ4v) is 2.06. The third-order valence-electron chi connectivity index (χ3n) is 3.33. The highest BCUT2D eigenvalue weighted by Gasteiger charge is 2.32. The predicted molar refractivity (Wildman–Crippen MR) is 66.7 cm³/mol. The Morgan fingerprint density at radius 2 is 2.06 bits per heavy atom. The van der Waals surface area contributed by atoms with Crippen LogP contribution in [-0.2, 0) is 0 Å². The third kappa shape index (κ3) is 2.01. The van der Waals surface area contributed by atoms with Crippen LogP contribution in [0.5, 0.6) is 0 Å². The maximum atomic E-state index is 6.05. The lowest BCUT2D eigenvalue weighted by Crippen LogP contribution is -2.13. The Hall–Kier alpha value is -1.75. The predicted octanol–water partition coefficient (Wildman–Crippen LogP) is 2.16. The Bertz CT molecular complexity index is 574. The zero-order valence-electron chi connectivity index (χ0n) is 10.6. The molecule has 2 N–H and O–H groups in total. The first-order valence-corrected chi connectivity index (χ1v) is 6.19. The van der Waals surface area contributed by atoms with Crippen LogP contribution in [0.15, 0.2) is 16.7 Å². The van der Waals surface area contributed by atoms with E-state index in [9.17, 15) is 0 Å². The van der Waals surface area contributed by atoms with Gasteiger partial charge in [-0.25, -0.2) is 0 Å². The number of nitrogens with two attached hydrogens (primary N) is 1. The van der Waals surface area contributed by atoms with Crippen molar-refractivity contribution in [3.05, 3.63) is 29.3 Å². The molecule has 3 rings (SSSR count). The van der Waals surface area contributed by atoms with Gasteiger partial charge in [0.2, 0.25) is 0 Å². The summed E-state index contributed by atoms with van der Waals surface area (Å²) in [4.78, 5) is 8.78. The van der Waals surface area contributed by atoms with Gasteiger partial charge in [-0.05, 0) is 44.7 Å². The van der Waals surface area contributed by atoms with E-state index in [0.717, 1.165) is 29.8 Å². The summed E-state index contributed by atoms with van der Waals surface area (Å²) < 4.78 is 5.29. The first kappa shape index (κ1) is 11.3. The summed E-state index contributed by atoms with van der Waals surface area (Å²) in [7, 11) is 0. The van der Waals surface area contributed by atoms with Crippen LogP contribution in [-0.4, -0.2) is 15.1 Å². The Morgan fingerprint density at radius 1 is 1.28 bits per heavy atom. The Labute approximate surface area is 105 Å². The van der Waals surface area contributed by atoms with Gasteiger partial charge in [-0.1, -0.05) is 5.16 Å². The van der Waals surface area contributed by atoms with Crippen molar-refractivity contribution in [2.75, 3.05) is 0 Å². The summed E-state index contributed by atoms with van der Waals surface area (Å²) in [6.07, 6.45) is 2.33. The van der Waals surface area contributed by atoms with E-state index in [4.69, 9.17) is 10.3 Å². The summed E-state index contributed by atoms with van der Waals surface area (Å²) in [6, 6.07) is 3.80. The molecule has 2 aromatic rings. The first-order valence-electron chi connectivity index (χ1n) is 6.19. The lowest BCUT2D eigenvalue weighted by molar-refractivity contribution is 0.411. The molecule has 5 heteroatoms. The van der Waals surface area contributed by atoms with Crippen LogP contribution >= 0.6 is 0 Å². The number of hydrogen-bond donors (Lipinski definition) is 1. The molecular formula is C13H16N4O. The van der Waals surface area contributed by atoms with Gasteiger partial charge in [-0.15, -0.1) is 0 Å². The number of nitrogens with zero attached hydrogens (tertiary/aromatic N) is 3. The Morgan fingerprint density at radius 3 is 2.72 bits per heavy atom. The van der Waals surface area contributed by atoms with Crippen LogP contribution in [0.1, 0.15) is 36.1 Å². The third-order valence-corrected chi connectivity index (χ3v) is 3.33. The maximum Gasteiger partial charge on any atom is 0.259 e. The van der Waals surface area contributed by atoms with Crippen molar-refractivity contribution < 1.29 is 4.52 Å². The molecule has 1 unspecified atom stereocenters. The fourth-order valence-electron chi connectivity index (χ4n) is 2.06. The number of pyridine rings is 1. The molecule has 1 fully saturated rings. The molecule has 94 valence electrons. The van der Waals surface area contributed by atoms with Crippen LogP contribution in [0.25, 0.3) is 11.5 Å². The van der Waals surface area contributed by atoms with E-state index in [1.807, 2.05) is 26.0 Å². The monoisotopic (exact) mass is 244 g/mol. The quantitative estimate of drug-likeness (QED) is 0.895. The number of aryl methyl sites for hydroxylation is 2. The summed E-state index contributed by atoms with van der Waals surface area (Å²) in [5.41, 5.74) is 8.80. The van der Waals surface area contributed by atoms with Gasteiger partial charge < -0.3 is 10.3 Å². The number of hydrogen-bond acceptors (Lipinski definition) is 5. The van der Waals surface area contributed by atoms with Gasteiger partial charge in [0.25, 0.3) is 5.89 Å². The van der Waals surface area contributed by atoms with Crippen molar-refractivity contribution in [3.63, 3.8) is 0 Å². The van der Waals surface area contributed by atoms with Crippen LogP contribution in [0.4, 0.5) is 0 Å². The highest BCUT2D eigenvalue weighted by atomic mass is 16.5. The molecule has 1 saturated carbocycles. The Balaban J connectivity index is 1.92. The van der Waals surface area contributed by atoms with E-state index in [2.05, 4.69) is 15.1 Å². The lowest BCUT2D eigenvalue weighted by atomic mass is 10.1. The molecule has 0 aliphatic heterocycles. The SMILES string of the molecule is Cc1ccc(-c2nc(C(N)C3CC3)no2)c(C)n1. The van der Waals surface area contributed by atoms with Crippen molar-refractivity contribution in [3.8, 4) is 11.5 Å². The van der Waals surface area contributed by atoms with Gasteiger partial charge in [0, 0.05) is 5.69 Å². The average molecular weight is 244 g/mol. The molecule has 0 bridgehead atoms. The molecular weight excluding hydrogens is 228 g/mol. The fraction of sp³-hybridized carbons (Fsp3) is 0.462. The van der Waals surface area contributed by atoms with Crippen LogP contribution in [0.3, 0.4) is 0 Å². The highest BCUT2D eigenvalue weighted by molar-refractivity contribution is 5.55. The Kier molecular flexibility index (Phi) is 2.63. The van der Waals surface area contributed by atoms with Gasteiger partial charge >= 0.3 is 0 Å². The van der Waals surface area contributed by atoms with Gasteiger partial charge in [0.05, 0.1) is 17.3 Å². The molecule has 0 aromatic carbocycles. The second-order valence-electron chi connectivity index (χ2n) is 4.91. The number of rotatable bonds is 3. The molecule has 2 aromatic heterocycles. The van der Waals surface area contributed by atoms with Crippen molar-refractivity contribution in [2.24, 2.45) is 11.7 Å². The zero-order chi connectivity index (χ0) is 12.7. The smallest absolute Gasteiger partial charge is 0.259 e. The molecule has 0 amide bonds. The maximum absolute atomic E-state index is 6.05. The van der Waals surface area contributed by atoms with Crippen molar-refractivity contribution in [1.29, 1.82) is 0 Å². The minimum Gasteiger partial charge on any atom is -0.334 e. The molecule has 0 radical (unpaired) electrons. The lowest BCUT2D eigenvalue weighted by Gasteiger charge is -2.02. The van der Waals surface area contributed by atoms with E-state index in [1.54, 1.807) is 0 Å². The standard InChI is InChI=1S/C13H16N4O/c1-7-3-6-10(8(2)15-7)13-16-12(17-18-13)11(14)9-4-5-9/h3,6,9,11H,4-5,14H2,1-2H3. The van der Waals surface area contributed by atoms with E-state index >= 15 is 0 Å². The van der Waals surface area contributed by atoms with E-state index < -0.39 is 0 Å². The van der Waals surface area contributed by atoms with Gasteiger partial charge in [0.1, 0.15) is 0 Å². The van der Waals surface area contributed by atoms with Gasteiger partial charge in [-0.2, -0.15) is 4.98 Å². The molecule has 1 aliphatic rings. The molecule has 0 spiro atoms. The molecule has 1 aliphatic carbocycles. The largest absolute Gasteiger partial charge is 0.334 e. The minimum atomic E-state index is -0.0961. The molecule has 1 atom stereocenters. The second-order valence-corrected chi connectivity index (χ2v) is 4.91. The zero-order valence-corrected chi connectivity index (χ0v) is 10.6. The summed E-state index contributed by atoms with van der Waals surface area (Å²) in [5.74, 6) is 1.63. The van der Waals surface area contributed by atoms with Crippen molar-refractivity contribution in [1.82, 2.24) is 15.1 Å². The topological polar surface area (TPSA) is 77.8 Å².